The molecule has 0 saturated carbocycles. The Bertz CT molecular complexity index is 8.90. The Hall–Kier alpha value is -0.261. The molecular formula is C6H12Cu. The molecule has 0 spiro atoms. The predicted octanol–water partition coefficient (Wildman–Crippen LogP) is 2.40. The van der Waals surface area contributed by atoms with Crippen LogP contribution in [-0.2, 0) is 17.1 Å². The van der Waals surface area contributed by atoms with Crippen LogP contribution in [0, 0.1) is 0 Å². The van der Waals surface area contributed by atoms with Crippen molar-refractivity contribution in [2.75, 3.05) is 0 Å². The van der Waals surface area contributed by atoms with Gasteiger partial charge >= 0.3 is 0 Å². The molecule has 0 heterocycles. The van der Waals surface area contributed by atoms with Crippen LogP contribution in [0.4, 0.5) is 0 Å². The van der Waals surface area contributed by atoms with Crippen molar-refractivity contribution < 1.29 is 17.1 Å². The van der Waals surface area contributed by atoms with Gasteiger partial charge in [0.25, 0.3) is 0 Å². The minimum absolute atomic E-state index is 0. The first-order valence-electron chi connectivity index (χ1n) is 1.50. The maximum absolute atomic E-state index is 3.00. The minimum atomic E-state index is 0. The molecular weight excluding hydrogens is 136 g/mol. The standard InChI is InChI=1S/3C2H4.Cu/c3*1-2;/h3*1-2H2;. The van der Waals surface area contributed by atoms with E-state index in [1.165, 1.54) is 0 Å². The van der Waals surface area contributed by atoms with Crippen LogP contribution in [0.25, 0.3) is 0 Å². The van der Waals surface area contributed by atoms with Crippen molar-refractivity contribution in [3.8, 4) is 0 Å². The first kappa shape index (κ1) is 29.6. The molecule has 0 fully saturated rings. The van der Waals surface area contributed by atoms with E-state index >= 15 is 0 Å². The van der Waals surface area contributed by atoms with Gasteiger partial charge < -0.3 is 0 Å². The van der Waals surface area contributed by atoms with Crippen LogP contribution in [0.5, 0.6) is 0 Å². The fraction of sp³-hybridized carbons (Fsp3) is 0. The molecule has 0 aliphatic heterocycles. The monoisotopic (exact) mass is 147 g/mol. The van der Waals surface area contributed by atoms with E-state index in [1.807, 2.05) is 0 Å². The second-order valence-electron chi connectivity index (χ2n) is 0. The maximum atomic E-state index is 3.00. The quantitative estimate of drug-likeness (QED) is 0.365. The van der Waals surface area contributed by atoms with Crippen molar-refractivity contribution in [2.24, 2.45) is 0 Å². The Morgan fingerprint density at radius 1 is 0.429 bits per heavy atom. The van der Waals surface area contributed by atoms with Gasteiger partial charge in [0, 0.05) is 17.1 Å². The van der Waals surface area contributed by atoms with E-state index in [0.717, 1.165) is 0 Å². The zero-order valence-electron chi connectivity index (χ0n) is 4.54. The van der Waals surface area contributed by atoms with Crippen molar-refractivity contribution >= 4 is 0 Å². The van der Waals surface area contributed by atoms with Gasteiger partial charge in [-0.05, 0) is 0 Å². The second-order valence-corrected chi connectivity index (χ2v) is 0. The average molecular weight is 148 g/mol. The van der Waals surface area contributed by atoms with Gasteiger partial charge in [0.2, 0.25) is 0 Å². The van der Waals surface area contributed by atoms with Gasteiger partial charge in [0.1, 0.15) is 0 Å². The summed E-state index contributed by atoms with van der Waals surface area (Å²) in [7, 11) is 0. The van der Waals surface area contributed by atoms with Gasteiger partial charge in [-0.25, -0.2) is 0 Å². The average Bonchev–Trinajstić information content (AvgIpc) is 1.81. The fourth-order valence-electron chi connectivity index (χ4n) is 0. The van der Waals surface area contributed by atoms with Gasteiger partial charge in [-0.1, -0.05) is 0 Å². The van der Waals surface area contributed by atoms with Crippen molar-refractivity contribution in [2.45, 2.75) is 0 Å². The molecule has 0 N–H and O–H groups in total. The van der Waals surface area contributed by atoms with Gasteiger partial charge in [0.15, 0.2) is 0 Å². The van der Waals surface area contributed by atoms with E-state index in [-0.39, 0.29) is 17.1 Å². The maximum Gasteiger partial charge on any atom is 0 e. The number of hydrogen-bond acceptors (Lipinski definition) is 0. The molecule has 1 radical (unpaired) electrons. The molecule has 0 amide bonds. The Labute approximate surface area is 57.1 Å². The number of rotatable bonds is 0. The van der Waals surface area contributed by atoms with Gasteiger partial charge in [0.05, 0.1) is 0 Å². The summed E-state index contributed by atoms with van der Waals surface area (Å²) >= 11 is 0. The van der Waals surface area contributed by atoms with Crippen LogP contribution in [0.3, 0.4) is 0 Å². The summed E-state index contributed by atoms with van der Waals surface area (Å²) in [6.45, 7) is 18.0. The molecule has 0 atom stereocenters. The van der Waals surface area contributed by atoms with Crippen molar-refractivity contribution in [1.82, 2.24) is 0 Å². The summed E-state index contributed by atoms with van der Waals surface area (Å²) in [5.74, 6) is 0. The fourth-order valence-corrected chi connectivity index (χ4v) is 0. The summed E-state index contributed by atoms with van der Waals surface area (Å²) in [5.41, 5.74) is 0. The van der Waals surface area contributed by atoms with Crippen LogP contribution in [0.1, 0.15) is 0 Å². The first-order chi connectivity index (χ1) is 3.00. The third-order valence-electron chi connectivity index (χ3n) is 0. The van der Waals surface area contributed by atoms with E-state index < -0.39 is 0 Å². The van der Waals surface area contributed by atoms with Gasteiger partial charge in [-0.3, -0.25) is 0 Å². The Kier molecular flexibility index (Phi) is 8030. The Morgan fingerprint density at radius 3 is 0.429 bits per heavy atom. The summed E-state index contributed by atoms with van der Waals surface area (Å²) in [6.07, 6.45) is 0. The summed E-state index contributed by atoms with van der Waals surface area (Å²) in [4.78, 5) is 0. The van der Waals surface area contributed by atoms with E-state index in [0.29, 0.717) is 0 Å². The molecule has 0 unspecified atom stereocenters. The van der Waals surface area contributed by atoms with Crippen LogP contribution in [0.2, 0.25) is 0 Å². The summed E-state index contributed by atoms with van der Waals surface area (Å²) in [5, 5.41) is 0. The molecule has 0 aliphatic rings. The molecule has 0 aromatic heterocycles. The molecule has 0 aromatic carbocycles. The Morgan fingerprint density at radius 2 is 0.429 bits per heavy atom. The van der Waals surface area contributed by atoms with Gasteiger partial charge in [-0.2, -0.15) is 0 Å². The van der Waals surface area contributed by atoms with E-state index in [1.54, 1.807) is 0 Å². The predicted molar refractivity (Wildman–Crippen MR) is 33.8 cm³/mol. The van der Waals surface area contributed by atoms with E-state index in [4.69, 9.17) is 0 Å². The molecule has 1 heteroatoms. The largest absolute Gasteiger partial charge is 0.106 e. The third-order valence-corrected chi connectivity index (χ3v) is 0. The minimum Gasteiger partial charge on any atom is -0.106 e. The Balaban J connectivity index is -0.00000000900. The molecule has 0 aromatic rings. The third kappa shape index (κ3) is 1180. The van der Waals surface area contributed by atoms with Crippen LogP contribution < -0.4 is 0 Å². The van der Waals surface area contributed by atoms with Crippen molar-refractivity contribution in [3.63, 3.8) is 0 Å². The topological polar surface area (TPSA) is 0 Å². The summed E-state index contributed by atoms with van der Waals surface area (Å²) in [6, 6.07) is 0. The van der Waals surface area contributed by atoms with Crippen molar-refractivity contribution in [1.29, 1.82) is 0 Å². The molecule has 0 aliphatic carbocycles. The van der Waals surface area contributed by atoms with Crippen LogP contribution in [0.15, 0.2) is 39.5 Å². The van der Waals surface area contributed by atoms with E-state index in [2.05, 4.69) is 39.5 Å². The first-order valence-corrected chi connectivity index (χ1v) is 1.50. The zero-order chi connectivity index (χ0) is 6.00. The van der Waals surface area contributed by atoms with Crippen molar-refractivity contribution in [3.05, 3.63) is 39.5 Å². The van der Waals surface area contributed by atoms with Gasteiger partial charge in [-0.15, -0.1) is 39.5 Å². The van der Waals surface area contributed by atoms with Crippen LogP contribution >= 0.6 is 0 Å². The smallest absolute Gasteiger partial charge is 0 e. The molecule has 0 saturated heterocycles. The normalized spacial score (nSPS) is 1.71. The molecule has 0 rings (SSSR count). The zero-order valence-corrected chi connectivity index (χ0v) is 5.49. The van der Waals surface area contributed by atoms with E-state index in [9.17, 15) is 0 Å². The summed E-state index contributed by atoms with van der Waals surface area (Å²) < 4.78 is 0. The molecule has 0 nitrogen and oxygen atoms in total. The molecule has 47 valence electrons. The molecule has 7 heavy (non-hydrogen) atoms. The SMILES string of the molecule is C=C.C=C.C=C.[Cu]. The molecule has 0 bridgehead atoms. The number of hydrogen-bond donors (Lipinski definition) is 0. The van der Waals surface area contributed by atoms with Crippen LogP contribution in [-0.4, -0.2) is 0 Å². The second kappa shape index (κ2) is 1900.